The zero-order valence-corrected chi connectivity index (χ0v) is 15.3. The first-order valence-corrected chi connectivity index (χ1v) is 8.66. The summed E-state index contributed by atoms with van der Waals surface area (Å²) in [4.78, 5) is 23.9. The van der Waals surface area contributed by atoms with Crippen LogP contribution in [0.15, 0.2) is 65.5 Å². The molecule has 2 aromatic carbocycles. The van der Waals surface area contributed by atoms with Crippen molar-refractivity contribution < 1.29 is 9.90 Å². The number of benzene rings is 2. The molecular formula is C21H17ClN2O3. The molecule has 27 heavy (non-hydrogen) atoms. The van der Waals surface area contributed by atoms with Crippen molar-refractivity contribution in [2.75, 3.05) is 0 Å². The Bertz CT molecular complexity index is 1050. The molecule has 0 fully saturated rings. The third kappa shape index (κ3) is 4.51. The molecule has 3 aromatic rings. The predicted molar refractivity (Wildman–Crippen MR) is 106 cm³/mol. The number of hydrogen-bond donors (Lipinski definition) is 1. The van der Waals surface area contributed by atoms with Crippen LogP contribution < -0.4 is 5.56 Å². The molecule has 0 amide bonds. The first kappa shape index (κ1) is 18.6. The van der Waals surface area contributed by atoms with E-state index in [1.54, 1.807) is 18.2 Å². The molecular weight excluding hydrogens is 364 g/mol. The van der Waals surface area contributed by atoms with Gasteiger partial charge in [0.2, 0.25) is 0 Å². The topological polar surface area (TPSA) is 72.2 Å². The predicted octanol–water partition coefficient (Wildman–Crippen LogP) is 4.28. The third-order valence-corrected chi connectivity index (χ3v) is 4.26. The van der Waals surface area contributed by atoms with Crippen molar-refractivity contribution in [1.82, 2.24) is 9.78 Å². The fourth-order valence-electron chi connectivity index (χ4n) is 2.55. The number of carbonyl (C=O) groups is 1. The van der Waals surface area contributed by atoms with Crippen LogP contribution in [0.2, 0.25) is 5.02 Å². The second-order valence-electron chi connectivity index (χ2n) is 6.06. The van der Waals surface area contributed by atoms with Gasteiger partial charge in [0, 0.05) is 10.6 Å². The molecule has 0 bridgehead atoms. The van der Waals surface area contributed by atoms with Crippen molar-refractivity contribution in [3.8, 4) is 11.3 Å². The van der Waals surface area contributed by atoms with Gasteiger partial charge >= 0.3 is 5.97 Å². The van der Waals surface area contributed by atoms with Crippen LogP contribution in [0, 0.1) is 6.92 Å². The number of halogens is 1. The van der Waals surface area contributed by atoms with E-state index in [0.717, 1.165) is 21.4 Å². The molecule has 136 valence electrons. The summed E-state index contributed by atoms with van der Waals surface area (Å²) in [6.45, 7) is 2.11. The Labute approximate surface area is 161 Å². The van der Waals surface area contributed by atoms with E-state index in [1.807, 2.05) is 49.4 Å². The van der Waals surface area contributed by atoms with Gasteiger partial charge < -0.3 is 5.11 Å². The summed E-state index contributed by atoms with van der Waals surface area (Å²) < 4.78 is 1.16. The van der Waals surface area contributed by atoms with E-state index >= 15 is 0 Å². The third-order valence-electron chi connectivity index (χ3n) is 4.01. The Morgan fingerprint density at radius 1 is 1.15 bits per heavy atom. The lowest BCUT2D eigenvalue weighted by Gasteiger charge is -2.08. The number of rotatable bonds is 5. The Kier molecular flexibility index (Phi) is 5.52. The van der Waals surface area contributed by atoms with Gasteiger partial charge in [-0.25, -0.2) is 9.48 Å². The Balaban J connectivity index is 1.95. The summed E-state index contributed by atoms with van der Waals surface area (Å²) in [6.07, 6.45) is 3.58. The summed E-state index contributed by atoms with van der Waals surface area (Å²) >= 11 is 5.86. The minimum absolute atomic E-state index is 0.154. The maximum Gasteiger partial charge on any atom is 0.341 e. The normalized spacial score (nSPS) is 11.0. The molecule has 6 heteroatoms. The van der Waals surface area contributed by atoms with E-state index in [1.165, 1.54) is 6.07 Å². The lowest BCUT2D eigenvalue weighted by Crippen LogP contribution is -2.28. The van der Waals surface area contributed by atoms with Crippen molar-refractivity contribution >= 4 is 23.6 Å². The van der Waals surface area contributed by atoms with Crippen LogP contribution in [0.1, 0.15) is 21.5 Å². The lowest BCUT2D eigenvalue weighted by molar-refractivity contribution is 0.0694. The number of aryl methyl sites for hydroxylation is 1. The van der Waals surface area contributed by atoms with E-state index < -0.39 is 11.5 Å². The molecule has 1 aromatic heterocycles. The highest BCUT2D eigenvalue weighted by Crippen LogP contribution is 2.17. The van der Waals surface area contributed by atoms with Gasteiger partial charge in [-0.1, -0.05) is 65.7 Å². The Morgan fingerprint density at radius 2 is 1.81 bits per heavy atom. The average molecular weight is 381 g/mol. The quantitative estimate of drug-likeness (QED) is 0.716. The van der Waals surface area contributed by atoms with Crippen LogP contribution in [-0.2, 0) is 6.54 Å². The SMILES string of the molecule is Cc1ccc(-c2cc(C(=O)O)c(=O)n(C/C=C/c3ccc(Cl)cc3)n2)cc1. The highest BCUT2D eigenvalue weighted by Gasteiger charge is 2.15. The standard InChI is InChI=1S/C21H17ClN2O3/c1-14-4-8-16(9-5-14)19-13-18(21(26)27)20(25)24(23-19)12-2-3-15-6-10-17(22)11-7-15/h2-11,13H,12H2,1H3,(H,26,27)/b3-2+. The molecule has 0 aliphatic carbocycles. The van der Waals surface area contributed by atoms with Crippen LogP contribution in [0.3, 0.4) is 0 Å². The zero-order chi connectivity index (χ0) is 19.4. The molecule has 0 aliphatic rings. The molecule has 0 atom stereocenters. The van der Waals surface area contributed by atoms with Crippen LogP contribution >= 0.6 is 11.6 Å². The van der Waals surface area contributed by atoms with Crippen LogP contribution in [-0.4, -0.2) is 20.9 Å². The summed E-state index contributed by atoms with van der Waals surface area (Å²) in [7, 11) is 0. The summed E-state index contributed by atoms with van der Waals surface area (Å²) in [6, 6.07) is 16.1. The highest BCUT2D eigenvalue weighted by atomic mass is 35.5. The molecule has 0 spiro atoms. The molecule has 1 heterocycles. The number of aromatic carboxylic acids is 1. The number of aromatic nitrogens is 2. The van der Waals surface area contributed by atoms with E-state index in [-0.39, 0.29) is 12.1 Å². The summed E-state index contributed by atoms with van der Waals surface area (Å²) in [5.74, 6) is -1.27. The van der Waals surface area contributed by atoms with Crippen LogP contribution in [0.25, 0.3) is 17.3 Å². The average Bonchev–Trinajstić information content (AvgIpc) is 2.65. The van der Waals surface area contributed by atoms with Crippen molar-refractivity contribution in [2.45, 2.75) is 13.5 Å². The number of hydrogen-bond acceptors (Lipinski definition) is 3. The smallest absolute Gasteiger partial charge is 0.341 e. The van der Waals surface area contributed by atoms with Crippen molar-refractivity contribution in [1.29, 1.82) is 0 Å². The maximum atomic E-state index is 12.4. The first-order valence-electron chi connectivity index (χ1n) is 8.28. The monoisotopic (exact) mass is 380 g/mol. The number of allylic oxidation sites excluding steroid dienone is 1. The fraction of sp³-hybridized carbons (Fsp3) is 0.0952. The fourth-order valence-corrected chi connectivity index (χ4v) is 2.67. The summed E-state index contributed by atoms with van der Waals surface area (Å²) in [5.41, 5.74) is 2.24. The molecule has 3 rings (SSSR count). The van der Waals surface area contributed by atoms with Gasteiger partial charge in [0.15, 0.2) is 0 Å². The van der Waals surface area contributed by atoms with E-state index in [2.05, 4.69) is 5.10 Å². The first-order chi connectivity index (χ1) is 12.9. The molecule has 0 saturated carbocycles. The van der Waals surface area contributed by atoms with Crippen LogP contribution in [0.5, 0.6) is 0 Å². The number of carboxylic acids is 1. The summed E-state index contributed by atoms with van der Waals surface area (Å²) in [5, 5.41) is 14.3. The van der Waals surface area contributed by atoms with Gasteiger partial charge in [-0.3, -0.25) is 4.79 Å². The van der Waals surface area contributed by atoms with Crippen molar-refractivity contribution in [2.24, 2.45) is 0 Å². The maximum absolute atomic E-state index is 12.4. The molecule has 5 nitrogen and oxygen atoms in total. The van der Waals surface area contributed by atoms with Gasteiger partial charge in [-0.2, -0.15) is 5.10 Å². The zero-order valence-electron chi connectivity index (χ0n) is 14.6. The van der Waals surface area contributed by atoms with Gasteiger partial charge in [0.1, 0.15) is 5.56 Å². The number of carboxylic acid groups (broad SMARTS) is 1. The minimum atomic E-state index is -1.27. The lowest BCUT2D eigenvalue weighted by atomic mass is 10.1. The van der Waals surface area contributed by atoms with Gasteiger partial charge in [-0.05, 0) is 30.7 Å². The second kappa shape index (κ2) is 8.01. The van der Waals surface area contributed by atoms with Crippen molar-refractivity contribution in [3.63, 3.8) is 0 Å². The molecule has 0 aliphatic heterocycles. The van der Waals surface area contributed by atoms with E-state index in [9.17, 15) is 14.7 Å². The molecule has 0 saturated heterocycles. The van der Waals surface area contributed by atoms with Crippen LogP contribution in [0.4, 0.5) is 0 Å². The molecule has 0 radical (unpaired) electrons. The minimum Gasteiger partial charge on any atom is -0.477 e. The molecule has 0 unspecified atom stereocenters. The van der Waals surface area contributed by atoms with E-state index in [4.69, 9.17) is 11.6 Å². The molecule has 1 N–H and O–H groups in total. The Hall–Kier alpha value is -3.18. The largest absolute Gasteiger partial charge is 0.477 e. The highest BCUT2D eigenvalue weighted by molar-refractivity contribution is 6.30. The Morgan fingerprint density at radius 3 is 2.44 bits per heavy atom. The van der Waals surface area contributed by atoms with Crippen molar-refractivity contribution in [3.05, 3.63) is 92.7 Å². The van der Waals surface area contributed by atoms with E-state index in [0.29, 0.717) is 10.7 Å². The van der Waals surface area contributed by atoms with Gasteiger partial charge in [0.05, 0.1) is 12.2 Å². The number of nitrogens with zero attached hydrogens (tertiary/aromatic N) is 2. The van der Waals surface area contributed by atoms with Gasteiger partial charge in [0.25, 0.3) is 5.56 Å². The second-order valence-corrected chi connectivity index (χ2v) is 6.49. The van der Waals surface area contributed by atoms with Gasteiger partial charge in [-0.15, -0.1) is 0 Å².